The Labute approximate surface area is 156 Å². The van der Waals surface area contributed by atoms with Gasteiger partial charge in [-0.15, -0.1) is 0 Å². The van der Waals surface area contributed by atoms with Gasteiger partial charge in [-0.25, -0.2) is 0 Å². The highest BCUT2D eigenvalue weighted by Crippen LogP contribution is 2.64. The van der Waals surface area contributed by atoms with Crippen molar-refractivity contribution < 1.29 is 15.3 Å². The molecule has 3 aliphatic rings. The van der Waals surface area contributed by atoms with Gasteiger partial charge in [0.05, 0.1) is 5.60 Å². The Morgan fingerprint density at radius 3 is 2.62 bits per heavy atom. The summed E-state index contributed by atoms with van der Waals surface area (Å²) in [6, 6.07) is 3.54. The molecule has 0 aromatic heterocycles. The summed E-state index contributed by atoms with van der Waals surface area (Å²) in [5, 5.41) is 31.0. The number of aromatic hydroxyl groups is 2. The number of phenols is 2. The van der Waals surface area contributed by atoms with Crippen LogP contribution in [-0.4, -0.2) is 20.9 Å². The molecule has 5 atom stereocenters. The molecule has 0 saturated heterocycles. The van der Waals surface area contributed by atoms with E-state index < -0.39 is 5.60 Å². The molecule has 3 N–H and O–H groups in total. The van der Waals surface area contributed by atoms with E-state index in [1.807, 2.05) is 10.2 Å². The van der Waals surface area contributed by atoms with E-state index in [-0.39, 0.29) is 16.9 Å². The third-order valence-corrected chi connectivity index (χ3v) is 7.73. The molecule has 0 amide bonds. The monoisotopic (exact) mass is 440 g/mol. The van der Waals surface area contributed by atoms with Gasteiger partial charge in [0, 0.05) is 5.41 Å². The second kappa shape index (κ2) is 5.63. The van der Waals surface area contributed by atoms with Gasteiger partial charge in [0.1, 0.15) is 0 Å². The Kier molecular flexibility index (Phi) is 3.92. The normalized spacial score (nSPS) is 41.0. The van der Waals surface area contributed by atoms with E-state index in [4.69, 9.17) is 0 Å². The van der Waals surface area contributed by atoms with E-state index in [9.17, 15) is 15.3 Å². The highest BCUT2D eigenvalue weighted by molar-refractivity contribution is 14.1. The first kappa shape index (κ1) is 16.7. The largest absolute Gasteiger partial charge is 0.504 e. The van der Waals surface area contributed by atoms with Crippen molar-refractivity contribution in [3.63, 3.8) is 0 Å². The second-order valence-electron chi connectivity index (χ2n) is 8.17. The minimum absolute atomic E-state index is 0.00138. The first-order valence-corrected chi connectivity index (χ1v) is 10.2. The van der Waals surface area contributed by atoms with Crippen molar-refractivity contribution in [2.45, 2.75) is 57.0 Å². The van der Waals surface area contributed by atoms with Crippen LogP contribution in [0.2, 0.25) is 0 Å². The Morgan fingerprint density at radius 1 is 1.12 bits per heavy atom. The molecular formula is C20H25IO3. The molecule has 0 spiro atoms. The third-order valence-electron chi connectivity index (χ3n) is 7.37. The van der Waals surface area contributed by atoms with Crippen LogP contribution in [0.4, 0.5) is 0 Å². The van der Waals surface area contributed by atoms with Crippen molar-refractivity contribution in [1.29, 1.82) is 0 Å². The van der Waals surface area contributed by atoms with Gasteiger partial charge in [0.2, 0.25) is 0 Å². The summed E-state index contributed by atoms with van der Waals surface area (Å²) in [5.41, 5.74) is 1.69. The zero-order chi connectivity index (χ0) is 17.1. The van der Waals surface area contributed by atoms with Crippen LogP contribution in [0.1, 0.15) is 56.1 Å². The van der Waals surface area contributed by atoms with Crippen molar-refractivity contribution >= 4 is 22.6 Å². The maximum Gasteiger partial charge on any atom is 0.157 e. The molecule has 2 saturated carbocycles. The van der Waals surface area contributed by atoms with Crippen LogP contribution in [0.5, 0.6) is 11.5 Å². The molecule has 0 heterocycles. The average molecular weight is 440 g/mol. The van der Waals surface area contributed by atoms with Gasteiger partial charge in [-0.1, -0.05) is 29.5 Å². The Balaban J connectivity index is 1.72. The fraction of sp³-hybridized carbons (Fsp3) is 0.600. The van der Waals surface area contributed by atoms with E-state index >= 15 is 0 Å². The quantitative estimate of drug-likeness (QED) is 0.441. The van der Waals surface area contributed by atoms with Gasteiger partial charge in [-0.3, -0.25) is 0 Å². The van der Waals surface area contributed by atoms with E-state index in [2.05, 4.69) is 29.5 Å². The molecule has 3 aliphatic carbocycles. The van der Waals surface area contributed by atoms with E-state index in [1.54, 1.807) is 12.1 Å². The minimum atomic E-state index is -0.679. The fourth-order valence-corrected chi connectivity index (χ4v) is 6.62. The molecule has 0 aliphatic heterocycles. The van der Waals surface area contributed by atoms with E-state index in [1.165, 1.54) is 11.1 Å². The highest BCUT2D eigenvalue weighted by Gasteiger charge is 2.60. The summed E-state index contributed by atoms with van der Waals surface area (Å²) in [4.78, 5) is 0. The van der Waals surface area contributed by atoms with Gasteiger partial charge < -0.3 is 15.3 Å². The third kappa shape index (κ3) is 2.18. The lowest BCUT2D eigenvalue weighted by Gasteiger charge is -2.52. The number of hydrogen-bond donors (Lipinski definition) is 3. The van der Waals surface area contributed by atoms with Crippen molar-refractivity contribution in [3.8, 4) is 11.5 Å². The maximum absolute atomic E-state index is 11.2. The highest BCUT2D eigenvalue weighted by atomic mass is 127. The maximum atomic E-state index is 11.2. The molecule has 3 nitrogen and oxygen atoms in total. The molecule has 4 rings (SSSR count). The van der Waals surface area contributed by atoms with Gasteiger partial charge in [0.25, 0.3) is 0 Å². The van der Waals surface area contributed by atoms with Crippen molar-refractivity contribution in [1.82, 2.24) is 0 Å². The first-order valence-electron chi connectivity index (χ1n) is 8.95. The van der Waals surface area contributed by atoms with Gasteiger partial charge in [-0.2, -0.15) is 0 Å². The van der Waals surface area contributed by atoms with Crippen molar-refractivity contribution in [2.24, 2.45) is 17.3 Å². The minimum Gasteiger partial charge on any atom is -0.504 e. The number of phenolic OH excluding ortho intramolecular Hbond substituents is 2. The molecule has 1 aromatic rings. The lowest BCUT2D eigenvalue weighted by molar-refractivity contribution is -0.0708. The summed E-state index contributed by atoms with van der Waals surface area (Å²) in [6.07, 6.45) is 8.07. The summed E-state index contributed by atoms with van der Waals surface area (Å²) < 4.78 is 1.97. The summed E-state index contributed by atoms with van der Waals surface area (Å²) in [7, 11) is 0. The summed E-state index contributed by atoms with van der Waals surface area (Å²) >= 11 is 2.21. The smallest absolute Gasteiger partial charge is 0.157 e. The van der Waals surface area contributed by atoms with Crippen molar-refractivity contribution in [2.75, 3.05) is 0 Å². The lowest BCUT2D eigenvalue weighted by atomic mass is 9.53. The number of benzene rings is 1. The lowest BCUT2D eigenvalue weighted by Crippen LogP contribution is -2.49. The molecule has 4 heteroatoms. The average Bonchev–Trinajstić information content (AvgIpc) is 2.81. The van der Waals surface area contributed by atoms with Gasteiger partial charge in [-0.05, 0) is 89.7 Å². The standard InChI is InChI=1S/C20H25IO3/c1-19-6-4-13-14(16(19)5-7-20(19,24)8-9-21)3-2-12-10-17(22)18(23)11-15(12)13/h8-11,13-14,16,22-24H,2-7H2,1H3/b9-8-/t13-,14+,16-,19-,20-/m0/s1. The van der Waals surface area contributed by atoms with Crippen molar-refractivity contribution in [3.05, 3.63) is 33.4 Å². The van der Waals surface area contributed by atoms with Crippen LogP contribution in [-0.2, 0) is 6.42 Å². The number of aliphatic hydroxyl groups is 1. The van der Waals surface area contributed by atoms with Crippen LogP contribution in [0.25, 0.3) is 0 Å². The molecule has 0 unspecified atom stereocenters. The molecule has 2 fully saturated rings. The van der Waals surface area contributed by atoms with Crippen LogP contribution in [0, 0.1) is 17.3 Å². The van der Waals surface area contributed by atoms with Crippen LogP contribution in [0.3, 0.4) is 0 Å². The van der Waals surface area contributed by atoms with E-state index in [0.29, 0.717) is 17.8 Å². The van der Waals surface area contributed by atoms with Crippen LogP contribution >= 0.6 is 22.6 Å². The van der Waals surface area contributed by atoms with Crippen LogP contribution in [0.15, 0.2) is 22.3 Å². The first-order chi connectivity index (χ1) is 11.4. The topological polar surface area (TPSA) is 60.7 Å². The van der Waals surface area contributed by atoms with E-state index in [0.717, 1.165) is 38.5 Å². The second-order valence-corrected chi connectivity index (χ2v) is 8.89. The number of fused-ring (bicyclic) bond motifs is 5. The molecule has 130 valence electrons. The SMILES string of the molecule is C[C@]12CC[C@@H]3c4cc(O)c(O)cc4CC[C@H]3[C@@H]1CC[C@]2(O)/C=C\I. The van der Waals surface area contributed by atoms with Gasteiger partial charge in [0.15, 0.2) is 11.5 Å². The molecule has 0 bridgehead atoms. The Morgan fingerprint density at radius 2 is 1.88 bits per heavy atom. The Bertz CT molecular complexity index is 700. The Hall–Kier alpha value is -0.750. The number of hydrogen-bond acceptors (Lipinski definition) is 3. The number of halogens is 1. The molecule has 24 heavy (non-hydrogen) atoms. The zero-order valence-electron chi connectivity index (χ0n) is 14.0. The summed E-state index contributed by atoms with van der Waals surface area (Å²) in [5.74, 6) is 1.54. The molecular weight excluding hydrogens is 415 g/mol. The predicted molar refractivity (Wildman–Crippen MR) is 102 cm³/mol. The molecule has 0 radical (unpaired) electrons. The molecule has 1 aromatic carbocycles. The number of aryl methyl sites for hydroxylation is 1. The van der Waals surface area contributed by atoms with Crippen LogP contribution < -0.4 is 0 Å². The van der Waals surface area contributed by atoms with Gasteiger partial charge >= 0.3 is 0 Å². The number of rotatable bonds is 1. The predicted octanol–water partition coefficient (Wildman–Crippen LogP) is 4.63. The summed E-state index contributed by atoms with van der Waals surface area (Å²) in [6.45, 7) is 2.28. The fourth-order valence-electron chi connectivity index (χ4n) is 6.03. The zero-order valence-corrected chi connectivity index (χ0v) is 16.2.